The van der Waals surface area contributed by atoms with Gasteiger partial charge in [0.15, 0.2) is 0 Å². The minimum Gasteiger partial charge on any atom is -0.376 e. The highest BCUT2D eigenvalue weighted by atomic mass is 16.6. The van der Waals surface area contributed by atoms with Crippen molar-refractivity contribution in [3.05, 3.63) is 0 Å². The molecule has 0 amide bonds. The first-order valence-corrected chi connectivity index (χ1v) is 5.02. The first kappa shape index (κ1) is 9.44. The van der Waals surface area contributed by atoms with Crippen LogP contribution < -0.4 is 0 Å². The highest BCUT2D eigenvalue weighted by Gasteiger charge is 2.38. The Morgan fingerprint density at radius 2 is 2.00 bits per heavy atom. The molecule has 0 aliphatic carbocycles. The molecule has 1 atom stereocenters. The standard InChI is InChI=1S/C10H19NO2/c1-10(2)4-8(5-11(10)3)13-9-6-12-7-9/h8-9H,4-7H2,1-3H3/t8-/m0/s1. The van der Waals surface area contributed by atoms with Crippen LogP contribution in [0.5, 0.6) is 0 Å². The highest BCUT2D eigenvalue weighted by molar-refractivity contribution is 4.92. The monoisotopic (exact) mass is 185 g/mol. The molecular weight excluding hydrogens is 166 g/mol. The minimum atomic E-state index is 0.301. The second-order valence-corrected chi connectivity index (χ2v) is 4.81. The van der Waals surface area contributed by atoms with Crippen LogP contribution in [0.3, 0.4) is 0 Å². The van der Waals surface area contributed by atoms with Gasteiger partial charge in [0, 0.05) is 12.1 Å². The zero-order valence-electron chi connectivity index (χ0n) is 8.75. The van der Waals surface area contributed by atoms with Gasteiger partial charge in [0.2, 0.25) is 0 Å². The smallest absolute Gasteiger partial charge is 0.105 e. The Balaban J connectivity index is 1.82. The van der Waals surface area contributed by atoms with Crippen molar-refractivity contribution in [2.75, 3.05) is 26.8 Å². The molecule has 0 bridgehead atoms. The second kappa shape index (κ2) is 3.23. The van der Waals surface area contributed by atoms with Crippen molar-refractivity contribution < 1.29 is 9.47 Å². The summed E-state index contributed by atoms with van der Waals surface area (Å²) in [4.78, 5) is 2.37. The van der Waals surface area contributed by atoms with Crippen LogP contribution in [-0.4, -0.2) is 49.5 Å². The molecule has 3 heteroatoms. The van der Waals surface area contributed by atoms with Gasteiger partial charge in [0.25, 0.3) is 0 Å². The Morgan fingerprint density at radius 3 is 2.38 bits per heavy atom. The Labute approximate surface area is 80.0 Å². The molecule has 0 saturated carbocycles. The van der Waals surface area contributed by atoms with Crippen molar-refractivity contribution in [3.63, 3.8) is 0 Å². The van der Waals surface area contributed by atoms with E-state index in [4.69, 9.17) is 9.47 Å². The third kappa shape index (κ3) is 1.87. The molecule has 13 heavy (non-hydrogen) atoms. The predicted molar refractivity (Wildman–Crippen MR) is 50.8 cm³/mol. The van der Waals surface area contributed by atoms with E-state index in [-0.39, 0.29) is 0 Å². The molecule has 76 valence electrons. The predicted octanol–water partition coefficient (Wildman–Crippen LogP) is 0.884. The Kier molecular flexibility index (Phi) is 2.34. The fraction of sp³-hybridized carbons (Fsp3) is 1.00. The maximum absolute atomic E-state index is 5.89. The normalized spacial score (nSPS) is 34.8. The van der Waals surface area contributed by atoms with E-state index in [1.54, 1.807) is 0 Å². The van der Waals surface area contributed by atoms with E-state index in [1.807, 2.05) is 0 Å². The number of nitrogens with zero attached hydrogens (tertiary/aromatic N) is 1. The van der Waals surface area contributed by atoms with Crippen LogP contribution in [0.1, 0.15) is 20.3 Å². The van der Waals surface area contributed by atoms with Crippen LogP contribution in [0, 0.1) is 0 Å². The van der Waals surface area contributed by atoms with Crippen molar-refractivity contribution >= 4 is 0 Å². The zero-order chi connectivity index (χ0) is 9.47. The summed E-state index contributed by atoms with van der Waals surface area (Å²) < 4.78 is 11.0. The summed E-state index contributed by atoms with van der Waals surface area (Å²) in [6.07, 6.45) is 1.92. The van der Waals surface area contributed by atoms with Gasteiger partial charge in [-0.3, -0.25) is 4.90 Å². The molecule has 2 fully saturated rings. The lowest BCUT2D eigenvalue weighted by Gasteiger charge is -2.29. The van der Waals surface area contributed by atoms with Crippen molar-refractivity contribution in [1.82, 2.24) is 4.90 Å². The number of likely N-dealkylation sites (N-methyl/N-ethyl adjacent to an activating group) is 1. The highest BCUT2D eigenvalue weighted by Crippen LogP contribution is 2.29. The van der Waals surface area contributed by atoms with E-state index in [1.165, 1.54) is 0 Å². The Morgan fingerprint density at radius 1 is 1.31 bits per heavy atom. The van der Waals surface area contributed by atoms with Crippen molar-refractivity contribution in [1.29, 1.82) is 0 Å². The van der Waals surface area contributed by atoms with E-state index < -0.39 is 0 Å². The molecule has 2 heterocycles. The van der Waals surface area contributed by atoms with Crippen molar-refractivity contribution in [2.24, 2.45) is 0 Å². The molecule has 3 nitrogen and oxygen atoms in total. The largest absolute Gasteiger partial charge is 0.376 e. The number of rotatable bonds is 2. The van der Waals surface area contributed by atoms with Crippen LogP contribution in [0.15, 0.2) is 0 Å². The number of hydrogen-bond donors (Lipinski definition) is 0. The fourth-order valence-corrected chi connectivity index (χ4v) is 1.99. The molecule has 2 saturated heterocycles. The summed E-state index contributed by atoms with van der Waals surface area (Å²) in [7, 11) is 2.17. The molecule has 0 spiro atoms. The van der Waals surface area contributed by atoms with Gasteiger partial charge in [-0.25, -0.2) is 0 Å². The van der Waals surface area contributed by atoms with Crippen molar-refractivity contribution in [2.45, 2.75) is 38.0 Å². The van der Waals surface area contributed by atoms with Crippen LogP contribution in [0.4, 0.5) is 0 Å². The van der Waals surface area contributed by atoms with Crippen molar-refractivity contribution in [3.8, 4) is 0 Å². The van der Waals surface area contributed by atoms with E-state index in [0.29, 0.717) is 17.7 Å². The quantitative estimate of drug-likeness (QED) is 0.637. The first-order valence-electron chi connectivity index (χ1n) is 5.02. The number of hydrogen-bond acceptors (Lipinski definition) is 3. The summed E-state index contributed by atoms with van der Waals surface area (Å²) >= 11 is 0. The second-order valence-electron chi connectivity index (χ2n) is 4.81. The molecule has 0 aromatic rings. The van der Waals surface area contributed by atoms with Crippen LogP contribution in [0.2, 0.25) is 0 Å². The molecule has 0 unspecified atom stereocenters. The van der Waals surface area contributed by atoms with Gasteiger partial charge in [-0.05, 0) is 27.3 Å². The summed E-state index contributed by atoms with van der Waals surface area (Å²) in [6.45, 7) is 7.19. The summed E-state index contributed by atoms with van der Waals surface area (Å²) in [5.74, 6) is 0. The van der Waals surface area contributed by atoms with E-state index in [9.17, 15) is 0 Å². The van der Waals surface area contributed by atoms with E-state index in [2.05, 4.69) is 25.8 Å². The van der Waals surface area contributed by atoms with Crippen LogP contribution in [0.25, 0.3) is 0 Å². The van der Waals surface area contributed by atoms with Gasteiger partial charge in [-0.1, -0.05) is 0 Å². The minimum absolute atomic E-state index is 0.301. The van der Waals surface area contributed by atoms with Gasteiger partial charge in [0.05, 0.1) is 19.3 Å². The van der Waals surface area contributed by atoms with Gasteiger partial charge in [-0.2, -0.15) is 0 Å². The molecule has 0 radical (unpaired) electrons. The van der Waals surface area contributed by atoms with Crippen LogP contribution >= 0.6 is 0 Å². The van der Waals surface area contributed by atoms with Gasteiger partial charge < -0.3 is 9.47 Å². The third-order valence-electron chi connectivity index (χ3n) is 3.23. The molecule has 0 aromatic heterocycles. The molecule has 2 aliphatic rings. The van der Waals surface area contributed by atoms with Gasteiger partial charge in [-0.15, -0.1) is 0 Å². The van der Waals surface area contributed by atoms with E-state index in [0.717, 1.165) is 26.2 Å². The van der Waals surface area contributed by atoms with Crippen LogP contribution in [-0.2, 0) is 9.47 Å². The fourth-order valence-electron chi connectivity index (χ4n) is 1.99. The molecular formula is C10H19NO2. The lowest BCUT2D eigenvalue weighted by molar-refractivity contribution is -0.151. The molecule has 0 N–H and O–H groups in total. The SMILES string of the molecule is CN1C[C@@H](OC2COC2)CC1(C)C. The summed E-state index contributed by atoms with van der Waals surface area (Å²) in [5.41, 5.74) is 0.301. The zero-order valence-corrected chi connectivity index (χ0v) is 8.75. The lowest BCUT2D eigenvalue weighted by Crippen LogP contribution is -2.39. The topological polar surface area (TPSA) is 21.7 Å². The summed E-state index contributed by atoms with van der Waals surface area (Å²) in [5, 5.41) is 0. The maximum atomic E-state index is 5.89. The molecule has 2 aliphatic heterocycles. The molecule has 2 rings (SSSR count). The van der Waals surface area contributed by atoms with E-state index >= 15 is 0 Å². The number of likely N-dealkylation sites (tertiary alicyclic amines) is 1. The maximum Gasteiger partial charge on any atom is 0.105 e. The third-order valence-corrected chi connectivity index (χ3v) is 3.23. The Bertz CT molecular complexity index is 189. The number of ether oxygens (including phenoxy) is 2. The average molecular weight is 185 g/mol. The molecule has 0 aromatic carbocycles. The Hall–Kier alpha value is -0.120. The van der Waals surface area contributed by atoms with Gasteiger partial charge >= 0.3 is 0 Å². The summed E-state index contributed by atoms with van der Waals surface area (Å²) in [6, 6.07) is 0. The average Bonchev–Trinajstić information content (AvgIpc) is 2.18. The lowest BCUT2D eigenvalue weighted by atomic mass is 10.0. The van der Waals surface area contributed by atoms with Gasteiger partial charge in [0.1, 0.15) is 6.10 Å². The first-order chi connectivity index (χ1) is 6.08.